The largest absolute Gasteiger partial charge is 0.481 e. The molecular formula is C9H9NO6S. The van der Waals surface area contributed by atoms with E-state index in [2.05, 4.69) is 0 Å². The van der Waals surface area contributed by atoms with E-state index in [1.54, 1.807) is 0 Å². The maximum Gasteiger partial charge on any atom is 0.304 e. The number of hydrogen-bond donors (Lipinski definition) is 1. The smallest absolute Gasteiger partial charge is 0.304 e. The van der Waals surface area contributed by atoms with Gasteiger partial charge in [0.1, 0.15) is 0 Å². The van der Waals surface area contributed by atoms with Gasteiger partial charge in [-0.15, -0.1) is 0 Å². The van der Waals surface area contributed by atoms with Crippen molar-refractivity contribution in [1.29, 1.82) is 0 Å². The molecule has 0 saturated carbocycles. The van der Waals surface area contributed by atoms with E-state index >= 15 is 0 Å². The summed E-state index contributed by atoms with van der Waals surface area (Å²) in [6.45, 7) is 0. The molecule has 0 amide bonds. The molecule has 0 aliphatic rings. The van der Waals surface area contributed by atoms with Crippen LogP contribution in [0.2, 0.25) is 0 Å². The van der Waals surface area contributed by atoms with Crippen LogP contribution in [-0.4, -0.2) is 30.2 Å². The van der Waals surface area contributed by atoms with Crippen LogP contribution in [0.5, 0.6) is 0 Å². The molecule has 0 unspecified atom stereocenters. The fourth-order valence-electron chi connectivity index (χ4n) is 1.13. The molecule has 0 heterocycles. The number of aliphatic carboxylic acids is 1. The lowest BCUT2D eigenvalue weighted by molar-refractivity contribution is -0.385. The first-order valence-corrected chi connectivity index (χ1v) is 6.17. The lowest BCUT2D eigenvalue weighted by Crippen LogP contribution is -2.11. The van der Waals surface area contributed by atoms with E-state index in [9.17, 15) is 23.3 Å². The van der Waals surface area contributed by atoms with Gasteiger partial charge in [-0.3, -0.25) is 14.9 Å². The normalized spacial score (nSPS) is 11.1. The van der Waals surface area contributed by atoms with Gasteiger partial charge >= 0.3 is 5.97 Å². The number of rotatable bonds is 5. The van der Waals surface area contributed by atoms with Gasteiger partial charge in [-0.1, -0.05) is 6.07 Å². The van der Waals surface area contributed by atoms with E-state index in [4.69, 9.17) is 5.11 Å². The first-order valence-electron chi connectivity index (χ1n) is 4.52. The van der Waals surface area contributed by atoms with Crippen molar-refractivity contribution in [3.8, 4) is 0 Å². The third kappa shape index (κ3) is 3.52. The zero-order valence-corrected chi connectivity index (χ0v) is 9.38. The van der Waals surface area contributed by atoms with E-state index in [-0.39, 0.29) is 10.6 Å². The second kappa shape index (κ2) is 4.91. The summed E-state index contributed by atoms with van der Waals surface area (Å²) >= 11 is 0. The lowest BCUT2D eigenvalue weighted by atomic mass is 10.3. The fraction of sp³-hybridized carbons (Fsp3) is 0.222. The molecule has 92 valence electrons. The number of nitro groups is 1. The monoisotopic (exact) mass is 259 g/mol. The minimum Gasteiger partial charge on any atom is -0.481 e. The average molecular weight is 259 g/mol. The van der Waals surface area contributed by atoms with Crippen LogP contribution in [0.3, 0.4) is 0 Å². The number of carboxylic acid groups (broad SMARTS) is 1. The maximum atomic E-state index is 11.6. The molecule has 1 N–H and O–H groups in total. The van der Waals surface area contributed by atoms with Crippen molar-refractivity contribution in [1.82, 2.24) is 0 Å². The third-order valence-electron chi connectivity index (χ3n) is 1.97. The van der Waals surface area contributed by atoms with Gasteiger partial charge in [0.25, 0.3) is 5.69 Å². The standard InChI is InChI=1S/C9H9NO6S/c11-9(12)4-5-17(15,16)8-3-1-2-7(6-8)10(13)14/h1-3,6H,4-5H2,(H,11,12). The zero-order valence-electron chi connectivity index (χ0n) is 8.57. The minimum atomic E-state index is -3.80. The Labute approximate surface area is 96.8 Å². The molecule has 1 aromatic rings. The highest BCUT2D eigenvalue weighted by Gasteiger charge is 2.18. The van der Waals surface area contributed by atoms with E-state index in [0.29, 0.717) is 0 Å². The summed E-state index contributed by atoms with van der Waals surface area (Å²) in [5.74, 6) is -1.82. The Hall–Kier alpha value is -1.96. The molecule has 0 aliphatic carbocycles. The number of carbonyl (C=O) groups is 1. The van der Waals surface area contributed by atoms with Crippen LogP contribution < -0.4 is 0 Å². The summed E-state index contributed by atoms with van der Waals surface area (Å²) in [6, 6.07) is 4.52. The lowest BCUT2D eigenvalue weighted by Gasteiger charge is -2.02. The number of hydrogen-bond acceptors (Lipinski definition) is 5. The minimum absolute atomic E-state index is 0.243. The fourth-order valence-corrected chi connectivity index (χ4v) is 2.40. The van der Waals surface area contributed by atoms with Crippen molar-refractivity contribution >= 4 is 21.5 Å². The molecule has 0 atom stereocenters. The number of benzene rings is 1. The van der Waals surface area contributed by atoms with Gasteiger partial charge in [-0.05, 0) is 6.07 Å². The van der Waals surface area contributed by atoms with E-state index in [1.807, 2.05) is 0 Å². The molecule has 0 saturated heterocycles. The maximum absolute atomic E-state index is 11.6. The zero-order chi connectivity index (χ0) is 13.1. The summed E-state index contributed by atoms with van der Waals surface area (Å²) in [7, 11) is -3.80. The van der Waals surface area contributed by atoms with Gasteiger partial charge in [0.2, 0.25) is 0 Å². The molecule has 0 spiro atoms. The molecule has 0 radical (unpaired) electrons. The Morgan fingerprint density at radius 3 is 2.59 bits per heavy atom. The van der Waals surface area contributed by atoms with E-state index in [1.165, 1.54) is 12.1 Å². The molecule has 0 aromatic heterocycles. The number of sulfone groups is 1. The van der Waals surface area contributed by atoms with Gasteiger partial charge < -0.3 is 5.11 Å². The molecule has 8 heteroatoms. The van der Waals surface area contributed by atoms with Crippen LogP contribution >= 0.6 is 0 Å². The Morgan fingerprint density at radius 2 is 2.06 bits per heavy atom. The summed E-state index contributed by atoms with van der Waals surface area (Å²) in [5, 5.41) is 18.9. The average Bonchev–Trinajstić information content (AvgIpc) is 2.27. The predicted octanol–water partition coefficient (Wildman–Crippen LogP) is 0.843. The van der Waals surface area contributed by atoms with Gasteiger partial charge in [0.05, 0.1) is 22.0 Å². The van der Waals surface area contributed by atoms with E-state index < -0.39 is 32.9 Å². The van der Waals surface area contributed by atoms with Crippen LogP contribution in [0.15, 0.2) is 29.2 Å². The van der Waals surface area contributed by atoms with Crippen LogP contribution in [0.4, 0.5) is 5.69 Å². The van der Waals surface area contributed by atoms with Gasteiger partial charge in [-0.2, -0.15) is 0 Å². The Bertz CT molecular complexity index is 550. The van der Waals surface area contributed by atoms with Crippen LogP contribution in [0.25, 0.3) is 0 Å². The highest BCUT2D eigenvalue weighted by atomic mass is 32.2. The number of non-ortho nitro benzene ring substituents is 1. The molecular weight excluding hydrogens is 250 g/mol. The molecule has 1 aromatic carbocycles. The molecule has 7 nitrogen and oxygen atoms in total. The second-order valence-corrected chi connectivity index (χ2v) is 5.33. The van der Waals surface area contributed by atoms with Crippen LogP contribution in [-0.2, 0) is 14.6 Å². The first-order chi connectivity index (χ1) is 7.83. The van der Waals surface area contributed by atoms with Crippen molar-refractivity contribution in [3.63, 3.8) is 0 Å². The SMILES string of the molecule is O=C(O)CCS(=O)(=O)c1cccc([N+](=O)[O-])c1. The number of nitro benzene ring substituents is 1. The Kier molecular flexibility index (Phi) is 3.79. The van der Waals surface area contributed by atoms with Crippen molar-refractivity contribution in [3.05, 3.63) is 34.4 Å². The first kappa shape index (κ1) is 13.1. The Balaban J connectivity index is 3.03. The number of nitrogens with zero attached hydrogens (tertiary/aromatic N) is 1. The summed E-state index contributed by atoms with van der Waals surface area (Å²) in [4.78, 5) is 19.8. The van der Waals surface area contributed by atoms with Crippen molar-refractivity contribution in [2.75, 3.05) is 5.75 Å². The quantitative estimate of drug-likeness (QED) is 0.619. The molecule has 0 fully saturated rings. The second-order valence-electron chi connectivity index (χ2n) is 3.22. The van der Waals surface area contributed by atoms with Gasteiger partial charge in [0, 0.05) is 12.1 Å². The van der Waals surface area contributed by atoms with Crippen molar-refractivity contribution in [2.45, 2.75) is 11.3 Å². The molecule has 0 aliphatic heterocycles. The van der Waals surface area contributed by atoms with Crippen LogP contribution in [0, 0.1) is 10.1 Å². The highest BCUT2D eigenvalue weighted by Crippen LogP contribution is 2.18. The summed E-state index contributed by atoms with van der Waals surface area (Å²) in [6.07, 6.45) is -0.537. The molecule has 17 heavy (non-hydrogen) atoms. The van der Waals surface area contributed by atoms with Gasteiger partial charge in [-0.25, -0.2) is 8.42 Å². The predicted molar refractivity (Wildman–Crippen MR) is 57.4 cm³/mol. The molecule has 0 bridgehead atoms. The Morgan fingerprint density at radius 1 is 1.41 bits per heavy atom. The molecule has 1 rings (SSSR count). The third-order valence-corrected chi connectivity index (χ3v) is 3.69. The topological polar surface area (TPSA) is 115 Å². The summed E-state index contributed by atoms with van der Waals surface area (Å²) in [5.41, 5.74) is -0.346. The van der Waals surface area contributed by atoms with Crippen molar-refractivity contribution < 1.29 is 23.2 Å². The van der Waals surface area contributed by atoms with Crippen LogP contribution in [0.1, 0.15) is 6.42 Å². The van der Waals surface area contributed by atoms with Gasteiger partial charge in [0.15, 0.2) is 9.84 Å². The van der Waals surface area contributed by atoms with E-state index in [0.717, 1.165) is 12.1 Å². The summed E-state index contributed by atoms with van der Waals surface area (Å²) < 4.78 is 23.3. The number of carboxylic acids is 1. The highest BCUT2D eigenvalue weighted by molar-refractivity contribution is 7.91. The van der Waals surface area contributed by atoms with Crippen molar-refractivity contribution in [2.24, 2.45) is 0 Å².